The van der Waals surface area contributed by atoms with Crippen LogP contribution in [0.2, 0.25) is 0 Å². The fourth-order valence-corrected chi connectivity index (χ4v) is 3.70. The lowest BCUT2D eigenvalue weighted by molar-refractivity contribution is -0.189. The second kappa shape index (κ2) is 9.27. The summed E-state index contributed by atoms with van der Waals surface area (Å²) in [6.45, 7) is 0.192. The highest BCUT2D eigenvalue weighted by Crippen LogP contribution is 2.38. The van der Waals surface area contributed by atoms with Gasteiger partial charge in [0.25, 0.3) is 0 Å². The zero-order chi connectivity index (χ0) is 24.6. The average Bonchev–Trinajstić information content (AvgIpc) is 2.77. The lowest BCUT2D eigenvalue weighted by atomic mass is 9.96. The van der Waals surface area contributed by atoms with Crippen molar-refractivity contribution >= 4 is 0 Å². The van der Waals surface area contributed by atoms with E-state index in [2.05, 4.69) is 4.74 Å². The summed E-state index contributed by atoms with van der Waals surface area (Å²) >= 11 is 0. The van der Waals surface area contributed by atoms with E-state index >= 15 is 0 Å². The van der Waals surface area contributed by atoms with Crippen molar-refractivity contribution in [3.63, 3.8) is 0 Å². The maximum atomic E-state index is 14.6. The lowest BCUT2D eigenvalue weighted by Gasteiger charge is -2.26. The maximum absolute atomic E-state index is 14.6. The standard InChI is InChI=1S/C24H17F7O3/c25-17-7-14(12-1-3-13(4-2-12)21-6-5-15(32)11-33-21)8-18(26)22(17)24(30,31)34-16-9-19(27)23(29)20(28)10-16/h1-4,7-10,15,21,32H,5-6,11H2. The van der Waals surface area contributed by atoms with E-state index < -0.39 is 52.6 Å². The highest BCUT2D eigenvalue weighted by atomic mass is 19.3. The van der Waals surface area contributed by atoms with Gasteiger partial charge in [0.1, 0.15) is 22.9 Å². The molecule has 0 amide bonds. The van der Waals surface area contributed by atoms with E-state index in [-0.39, 0.29) is 30.4 Å². The summed E-state index contributed by atoms with van der Waals surface area (Å²) < 4.78 is 107. The molecule has 1 aliphatic rings. The number of aliphatic hydroxyl groups is 1. The van der Waals surface area contributed by atoms with Crippen LogP contribution in [0.4, 0.5) is 30.7 Å². The summed E-state index contributed by atoms with van der Waals surface area (Å²) in [6, 6.07) is 8.01. The first-order chi connectivity index (χ1) is 16.0. The average molecular weight is 486 g/mol. The number of aliphatic hydroxyl groups excluding tert-OH is 1. The number of hydrogen-bond acceptors (Lipinski definition) is 3. The van der Waals surface area contributed by atoms with Crippen LogP contribution in [0.15, 0.2) is 48.5 Å². The molecule has 2 unspecified atom stereocenters. The van der Waals surface area contributed by atoms with Gasteiger partial charge >= 0.3 is 6.11 Å². The number of halogens is 7. The first-order valence-electron chi connectivity index (χ1n) is 10.2. The Balaban J connectivity index is 1.58. The van der Waals surface area contributed by atoms with Gasteiger partial charge in [-0.25, -0.2) is 22.0 Å². The van der Waals surface area contributed by atoms with Gasteiger partial charge in [0.2, 0.25) is 0 Å². The van der Waals surface area contributed by atoms with Crippen LogP contribution in [-0.4, -0.2) is 17.8 Å². The molecule has 0 bridgehead atoms. The number of alkyl halides is 2. The van der Waals surface area contributed by atoms with E-state index in [0.29, 0.717) is 30.5 Å². The van der Waals surface area contributed by atoms with Crippen LogP contribution in [0, 0.1) is 29.1 Å². The van der Waals surface area contributed by atoms with Gasteiger partial charge in [-0.15, -0.1) is 0 Å². The molecule has 0 spiro atoms. The van der Waals surface area contributed by atoms with Gasteiger partial charge in [-0.3, -0.25) is 0 Å². The van der Waals surface area contributed by atoms with Crippen molar-refractivity contribution in [3.8, 4) is 16.9 Å². The van der Waals surface area contributed by atoms with Crippen molar-refractivity contribution < 1.29 is 45.3 Å². The zero-order valence-electron chi connectivity index (χ0n) is 17.3. The first-order valence-corrected chi connectivity index (χ1v) is 10.2. The third-order valence-electron chi connectivity index (χ3n) is 5.40. The van der Waals surface area contributed by atoms with Crippen LogP contribution in [0.25, 0.3) is 11.1 Å². The van der Waals surface area contributed by atoms with Crippen LogP contribution < -0.4 is 4.74 Å². The molecule has 0 saturated carbocycles. The molecule has 1 N–H and O–H groups in total. The van der Waals surface area contributed by atoms with Crippen LogP contribution >= 0.6 is 0 Å². The van der Waals surface area contributed by atoms with E-state index in [1.807, 2.05) is 0 Å². The molecule has 1 fully saturated rings. The highest BCUT2D eigenvalue weighted by Gasteiger charge is 2.41. The molecule has 34 heavy (non-hydrogen) atoms. The Morgan fingerprint density at radius 2 is 1.38 bits per heavy atom. The number of ether oxygens (including phenoxy) is 2. The third-order valence-corrected chi connectivity index (χ3v) is 5.40. The van der Waals surface area contributed by atoms with Gasteiger partial charge < -0.3 is 14.6 Å². The van der Waals surface area contributed by atoms with Gasteiger partial charge in [0.15, 0.2) is 17.5 Å². The quantitative estimate of drug-likeness (QED) is 0.336. The molecular weight excluding hydrogens is 469 g/mol. The Bertz CT molecular complexity index is 1140. The molecule has 10 heteroatoms. The Morgan fingerprint density at radius 1 is 0.794 bits per heavy atom. The van der Waals surface area contributed by atoms with Crippen LogP contribution in [0.1, 0.15) is 30.1 Å². The summed E-state index contributed by atoms with van der Waals surface area (Å²) in [5.41, 5.74) is -0.699. The maximum Gasteiger partial charge on any atom is 0.432 e. The third kappa shape index (κ3) is 4.88. The van der Waals surface area contributed by atoms with Gasteiger partial charge in [-0.2, -0.15) is 8.78 Å². The van der Waals surface area contributed by atoms with Crippen molar-refractivity contribution in [3.05, 3.63) is 88.7 Å². The Labute approximate surface area is 189 Å². The first kappa shape index (κ1) is 24.0. The SMILES string of the molecule is OC1CCC(c2ccc(-c3cc(F)c(C(F)(F)Oc4cc(F)c(F)c(F)c4)c(F)c3)cc2)OC1. The van der Waals surface area contributed by atoms with Crippen LogP contribution in [0.5, 0.6) is 5.75 Å². The summed E-state index contributed by atoms with van der Waals surface area (Å²) in [5.74, 6) is -9.98. The molecule has 3 aromatic rings. The minimum Gasteiger partial charge on any atom is -0.429 e. The predicted molar refractivity (Wildman–Crippen MR) is 107 cm³/mol. The Morgan fingerprint density at radius 3 is 1.91 bits per heavy atom. The summed E-state index contributed by atoms with van der Waals surface area (Å²) in [6.07, 6.45) is -4.27. The van der Waals surface area contributed by atoms with E-state index in [1.54, 1.807) is 12.1 Å². The second-order valence-corrected chi connectivity index (χ2v) is 7.81. The van der Waals surface area contributed by atoms with Crippen LogP contribution in [0.3, 0.4) is 0 Å². The van der Waals surface area contributed by atoms with Crippen molar-refractivity contribution in [1.29, 1.82) is 0 Å². The molecular formula is C24H17F7O3. The molecule has 0 radical (unpaired) electrons. The van der Waals surface area contributed by atoms with E-state index in [0.717, 1.165) is 5.56 Å². The fraction of sp³-hybridized carbons (Fsp3) is 0.250. The van der Waals surface area contributed by atoms with Crippen molar-refractivity contribution in [2.75, 3.05) is 6.61 Å². The van der Waals surface area contributed by atoms with Crippen molar-refractivity contribution in [1.82, 2.24) is 0 Å². The molecule has 4 rings (SSSR count). The van der Waals surface area contributed by atoms with Gasteiger partial charge in [0.05, 0.1) is 18.8 Å². The molecule has 3 aromatic carbocycles. The minimum absolute atomic E-state index is 0.0417. The van der Waals surface area contributed by atoms with Crippen LogP contribution in [-0.2, 0) is 10.8 Å². The number of benzene rings is 3. The lowest BCUT2D eigenvalue weighted by Crippen LogP contribution is -2.25. The van der Waals surface area contributed by atoms with E-state index in [1.165, 1.54) is 12.1 Å². The molecule has 3 nitrogen and oxygen atoms in total. The summed E-state index contributed by atoms with van der Waals surface area (Å²) in [7, 11) is 0. The second-order valence-electron chi connectivity index (χ2n) is 7.81. The van der Waals surface area contributed by atoms with E-state index in [4.69, 9.17) is 4.74 Å². The zero-order valence-corrected chi connectivity index (χ0v) is 17.3. The monoisotopic (exact) mass is 486 g/mol. The smallest absolute Gasteiger partial charge is 0.429 e. The molecule has 180 valence electrons. The topological polar surface area (TPSA) is 38.7 Å². The van der Waals surface area contributed by atoms with Crippen molar-refractivity contribution in [2.24, 2.45) is 0 Å². The Hall–Kier alpha value is -3.11. The highest BCUT2D eigenvalue weighted by molar-refractivity contribution is 5.64. The minimum atomic E-state index is -4.66. The number of rotatable bonds is 5. The molecule has 1 heterocycles. The van der Waals surface area contributed by atoms with E-state index in [9.17, 15) is 35.8 Å². The molecule has 1 saturated heterocycles. The largest absolute Gasteiger partial charge is 0.432 e. The van der Waals surface area contributed by atoms with Gasteiger partial charge in [-0.1, -0.05) is 24.3 Å². The van der Waals surface area contributed by atoms with Gasteiger partial charge in [-0.05, 0) is 41.7 Å². The number of hydrogen-bond donors (Lipinski definition) is 1. The molecule has 0 aromatic heterocycles. The van der Waals surface area contributed by atoms with Gasteiger partial charge in [0, 0.05) is 12.1 Å². The normalized spacial score (nSPS) is 18.7. The molecule has 0 aliphatic carbocycles. The Kier molecular flexibility index (Phi) is 6.55. The van der Waals surface area contributed by atoms with Crippen molar-refractivity contribution in [2.45, 2.75) is 31.2 Å². The molecule has 1 aliphatic heterocycles. The fourth-order valence-electron chi connectivity index (χ4n) is 3.70. The summed E-state index contributed by atoms with van der Waals surface area (Å²) in [5, 5.41) is 9.51. The predicted octanol–water partition coefficient (Wildman–Crippen LogP) is 6.39. The molecule has 2 atom stereocenters. The summed E-state index contributed by atoms with van der Waals surface area (Å²) in [4.78, 5) is 0.